The van der Waals surface area contributed by atoms with Crippen LogP contribution in [0.2, 0.25) is 4.34 Å². The van der Waals surface area contributed by atoms with Gasteiger partial charge in [-0.2, -0.15) is 0 Å². The summed E-state index contributed by atoms with van der Waals surface area (Å²) in [5.74, 6) is -0.924. The second-order valence-corrected chi connectivity index (χ2v) is 5.68. The van der Waals surface area contributed by atoms with Gasteiger partial charge < -0.3 is 5.11 Å². The Hall–Kier alpha value is -1.10. The van der Waals surface area contributed by atoms with Crippen molar-refractivity contribution in [2.24, 2.45) is 0 Å². The fourth-order valence-electron chi connectivity index (χ4n) is 1.22. The lowest BCUT2D eigenvalue weighted by Gasteiger charge is -1.97. The SMILES string of the molecule is O=C(O)/C(=C\c1ccc(Cl)s1)c1cccs1. The largest absolute Gasteiger partial charge is 0.478 e. The predicted octanol–water partition coefficient (Wildman–Crippen LogP) is 4.09. The van der Waals surface area contributed by atoms with E-state index in [1.807, 2.05) is 17.5 Å². The van der Waals surface area contributed by atoms with E-state index in [0.717, 1.165) is 9.75 Å². The highest BCUT2D eigenvalue weighted by Crippen LogP contribution is 2.28. The third-order valence-corrected chi connectivity index (χ3v) is 3.98. The van der Waals surface area contributed by atoms with Crippen LogP contribution in [0.3, 0.4) is 0 Å². The standard InChI is InChI=1S/C11H7ClO2S2/c12-10-4-3-7(16-10)6-8(11(13)14)9-2-1-5-15-9/h1-6H,(H,13,14)/b8-6-. The number of carbonyl (C=O) groups is 1. The van der Waals surface area contributed by atoms with Gasteiger partial charge in [0.25, 0.3) is 0 Å². The van der Waals surface area contributed by atoms with Crippen molar-refractivity contribution < 1.29 is 9.90 Å². The highest BCUT2D eigenvalue weighted by Gasteiger charge is 2.11. The zero-order valence-corrected chi connectivity index (χ0v) is 10.4. The molecule has 2 heterocycles. The van der Waals surface area contributed by atoms with Crippen molar-refractivity contribution in [2.75, 3.05) is 0 Å². The summed E-state index contributed by atoms with van der Waals surface area (Å²) in [7, 11) is 0. The third kappa shape index (κ3) is 2.52. The number of hydrogen-bond acceptors (Lipinski definition) is 3. The maximum Gasteiger partial charge on any atom is 0.337 e. The van der Waals surface area contributed by atoms with Gasteiger partial charge in [-0.25, -0.2) is 4.79 Å². The summed E-state index contributed by atoms with van der Waals surface area (Å²) in [4.78, 5) is 12.7. The Morgan fingerprint density at radius 1 is 1.38 bits per heavy atom. The van der Waals surface area contributed by atoms with Gasteiger partial charge in [-0.15, -0.1) is 22.7 Å². The molecule has 0 saturated carbocycles. The minimum Gasteiger partial charge on any atom is -0.478 e. The molecule has 0 aliphatic carbocycles. The molecule has 0 atom stereocenters. The minimum absolute atomic E-state index is 0.300. The first-order valence-electron chi connectivity index (χ1n) is 4.41. The fraction of sp³-hybridized carbons (Fsp3) is 0. The molecule has 2 aromatic heterocycles. The second-order valence-electron chi connectivity index (χ2n) is 2.98. The van der Waals surface area contributed by atoms with Crippen molar-refractivity contribution in [1.29, 1.82) is 0 Å². The van der Waals surface area contributed by atoms with Crippen molar-refractivity contribution in [3.63, 3.8) is 0 Å². The third-order valence-electron chi connectivity index (χ3n) is 1.90. The molecule has 2 rings (SSSR count). The van der Waals surface area contributed by atoms with Gasteiger partial charge in [0.1, 0.15) is 0 Å². The lowest BCUT2D eigenvalue weighted by Crippen LogP contribution is -1.97. The minimum atomic E-state index is -0.924. The van der Waals surface area contributed by atoms with E-state index in [2.05, 4.69) is 0 Å². The van der Waals surface area contributed by atoms with Crippen LogP contribution in [0.15, 0.2) is 29.6 Å². The molecule has 1 N–H and O–H groups in total. The summed E-state index contributed by atoms with van der Waals surface area (Å²) in [5.41, 5.74) is 0.300. The molecule has 0 saturated heterocycles. The van der Waals surface area contributed by atoms with E-state index < -0.39 is 5.97 Å². The Morgan fingerprint density at radius 2 is 2.19 bits per heavy atom. The van der Waals surface area contributed by atoms with E-state index in [9.17, 15) is 4.79 Å². The Balaban J connectivity index is 2.41. The number of rotatable bonds is 3. The first-order valence-corrected chi connectivity index (χ1v) is 6.48. The quantitative estimate of drug-likeness (QED) is 0.853. The first-order chi connectivity index (χ1) is 7.66. The van der Waals surface area contributed by atoms with Crippen LogP contribution >= 0.6 is 34.3 Å². The molecule has 0 aromatic carbocycles. The predicted molar refractivity (Wildman–Crippen MR) is 69.2 cm³/mol. The molecule has 0 amide bonds. The number of hydrogen-bond donors (Lipinski definition) is 1. The highest BCUT2D eigenvalue weighted by atomic mass is 35.5. The molecule has 16 heavy (non-hydrogen) atoms. The summed E-state index contributed by atoms with van der Waals surface area (Å²) in [6.45, 7) is 0. The lowest BCUT2D eigenvalue weighted by molar-refractivity contribution is -0.130. The van der Waals surface area contributed by atoms with E-state index in [-0.39, 0.29) is 0 Å². The molecule has 82 valence electrons. The van der Waals surface area contributed by atoms with Gasteiger partial charge in [0.15, 0.2) is 0 Å². The average molecular weight is 271 g/mol. The summed E-state index contributed by atoms with van der Waals surface area (Å²) in [6.07, 6.45) is 1.64. The van der Waals surface area contributed by atoms with Gasteiger partial charge in [0.2, 0.25) is 0 Å². The highest BCUT2D eigenvalue weighted by molar-refractivity contribution is 7.17. The Bertz CT molecular complexity index is 526. The van der Waals surface area contributed by atoms with Crippen molar-refractivity contribution in [3.8, 4) is 0 Å². The summed E-state index contributed by atoms with van der Waals surface area (Å²) in [5, 5.41) is 11.0. The van der Waals surface area contributed by atoms with Crippen LogP contribution in [-0.4, -0.2) is 11.1 Å². The maximum absolute atomic E-state index is 11.1. The van der Waals surface area contributed by atoms with E-state index in [1.165, 1.54) is 22.7 Å². The van der Waals surface area contributed by atoms with Gasteiger partial charge in [0.05, 0.1) is 9.91 Å². The molecular weight excluding hydrogens is 264 g/mol. The van der Waals surface area contributed by atoms with Gasteiger partial charge in [-0.05, 0) is 29.7 Å². The molecule has 0 aliphatic heterocycles. The van der Waals surface area contributed by atoms with Gasteiger partial charge >= 0.3 is 5.97 Å². The van der Waals surface area contributed by atoms with Crippen molar-refractivity contribution in [1.82, 2.24) is 0 Å². The number of halogens is 1. The van der Waals surface area contributed by atoms with Gasteiger partial charge in [0, 0.05) is 9.75 Å². The van der Waals surface area contributed by atoms with Crippen LogP contribution in [0.5, 0.6) is 0 Å². The number of carboxylic acids is 1. The summed E-state index contributed by atoms with van der Waals surface area (Å²) < 4.78 is 0.655. The number of carboxylic acid groups (broad SMARTS) is 1. The van der Waals surface area contributed by atoms with E-state index in [0.29, 0.717) is 9.91 Å². The van der Waals surface area contributed by atoms with Gasteiger partial charge in [-0.3, -0.25) is 0 Å². The van der Waals surface area contributed by atoms with E-state index in [1.54, 1.807) is 18.2 Å². The molecule has 5 heteroatoms. The number of thiophene rings is 2. The van der Waals surface area contributed by atoms with Crippen LogP contribution < -0.4 is 0 Å². The normalized spacial score (nSPS) is 11.7. The molecule has 2 aromatic rings. The van der Waals surface area contributed by atoms with Crippen molar-refractivity contribution in [3.05, 3.63) is 43.7 Å². The molecular formula is C11H7ClO2S2. The topological polar surface area (TPSA) is 37.3 Å². The molecule has 0 aliphatic rings. The summed E-state index contributed by atoms with van der Waals surface area (Å²) in [6, 6.07) is 7.19. The van der Waals surface area contributed by atoms with Crippen LogP contribution in [0, 0.1) is 0 Å². The average Bonchev–Trinajstić information content (AvgIpc) is 2.84. The van der Waals surface area contributed by atoms with Crippen LogP contribution in [0.1, 0.15) is 9.75 Å². The Morgan fingerprint density at radius 3 is 2.69 bits per heavy atom. The fourth-order valence-corrected chi connectivity index (χ4v) is 2.96. The van der Waals surface area contributed by atoms with Crippen LogP contribution in [0.25, 0.3) is 11.6 Å². The monoisotopic (exact) mass is 270 g/mol. The van der Waals surface area contributed by atoms with Crippen molar-refractivity contribution >= 4 is 51.9 Å². The smallest absolute Gasteiger partial charge is 0.337 e. The van der Waals surface area contributed by atoms with Crippen LogP contribution in [0.4, 0.5) is 0 Å². The zero-order chi connectivity index (χ0) is 11.5. The molecule has 0 radical (unpaired) electrons. The van der Waals surface area contributed by atoms with E-state index in [4.69, 9.17) is 16.7 Å². The van der Waals surface area contributed by atoms with Crippen LogP contribution in [-0.2, 0) is 4.79 Å². The molecule has 0 spiro atoms. The van der Waals surface area contributed by atoms with E-state index >= 15 is 0 Å². The second kappa shape index (κ2) is 4.82. The molecule has 0 bridgehead atoms. The molecule has 0 unspecified atom stereocenters. The Labute approximate surface area is 105 Å². The molecule has 2 nitrogen and oxygen atoms in total. The first kappa shape index (κ1) is 11.4. The number of aliphatic carboxylic acids is 1. The molecule has 0 fully saturated rings. The maximum atomic E-state index is 11.1. The van der Waals surface area contributed by atoms with Crippen molar-refractivity contribution in [2.45, 2.75) is 0 Å². The lowest BCUT2D eigenvalue weighted by atomic mass is 10.2. The summed E-state index contributed by atoms with van der Waals surface area (Å²) >= 11 is 8.56. The van der Waals surface area contributed by atoms with Gasteiger partial charge in [-0.1, -0.05) is 17.7 Å². The Kier molecular flexibility index (Phi) is 3.43. The zero-order valence-electron chi connectivity index (χ0n) is 8.01.